The van der Waals surface area contributed by atoms with E-state index in [-0.39, 0.29) is 25.0 Å². The zero-order valence-electron chi connectivity index (χ0n) is 11.8. The zero-order chi connectivity index (χ0) is 15.2. The van der Waals surface area contributed by atoms with Crippen molar-refractivity contribution in [3.05, 3.63) is 50.4 Å². The van der Waals surface area contributed by atoms with Gasteiger partial charge in [-0.3, -0.25) is 4.79 Å². The van der Waals surface area contributed by atoms with E-state index < -0.39 is 0 Å². The van der Waals surface area contributed by atoms with Crippen molar-refractivity contribution in [2.24, 2.45) is 0 Å². The predicted molar refractivity (Wildman–Crippen MR) is 87.1 cm³/mol. The summed E-state index contributed by atoms with van der Waals surface area (Å²) in [5, 5.41) is 12.3. The number of amides is 1. The molecule has 2 rings (SSSR count). The van der Waals surface area contributed by atoms with Crippen molar-refractivity contribution in [3.8, 4) is 0 Å². The molecule has 4 nitrogen and oxygen atoms in total. The summed E-state index contributed by atoms with van der Waals surface area (Å²) in [6.07, 6.45) is 0.903. The number of rotatable bonds is 6. The highest BCUT2D eigenvalue weighted by Gasteiger charge is 2.14. The number of aryl methyl sites for hydroxylation is 1. The summed E-state index contributed by atoms with van der Waals surface area (Å²) in [5.41, 5.74) is 2.02. The average Bonchev–Trinajstić information content (AvgIpc) is 2.77. The third kappa shape index (κ3) is 4.77. The van der Waals surface area contributed by atoms with E-state index in [0.717, 1.165) is 16.1 Å². The number of aromatic nitrogens is 1. The Labute approximate surface area is 132 Å². The average molecular weight is 322 g/mol. The lowest BCUT2D eigenvalue weighted by Crippen LogP contribution is -2.39. The zero-order valence-corrected chi connectivity index (χ0v) is 13.4. The number of thiazole rings is 1. The molecule has 0 aliphatic rings. The Morgan fingerprint density at radius 1 is 1.43 bits per heavy atom. The maximum atomic E-state index is 12.1. The van der Waals surface area contributed by atoms with Gasteiger partial charge in [0.15, 0.2) is 3.95 Å². The SMILES string of the molecule is Cc1[nH]c(=S)sc1CC(=O)N[C@H](CO)Cc1ccccc1. The normalized spacial score (nSPS) is 12.1. The summed E-state index contributed by atoms with van der Waals surface area (Å²) in [5.74, 6) is -0.0988. The lowest BCUT2D eigenvalue weighted by molar-refractivity contribution is -0.121. The first-order valence-corrected chi connectivity index (χ1v) is 7.93. The second kappa shape index (κ2) is 7.49. The van der Waals surface area contributed by atoms with Crippen molar-refractivity contribution in [2.45, 2.75) is 25.8 Å². The van der Waals surface area contributed by atoms with Gasteiger partial charge in [0.1, 0.15) is 0 Å². The monoisotopic (exact) mass is 322 g/mol. The predicted octanol–water partition coefficient (Wildman–Crippen LogP) is 2.38. The van der Waals surface area contributed by atoms with Crippen molar-refractivity contribution >= 4 is 29.5 Å². The molecule has 1 atom stereocenters. The quantitative estimate of drug-likeness (QED) is 0.716. The number of aliphatic hydroxyl groups excluding tert-OH is 1. The number of hydrogen-bond donors (Lipinski definition) is 3. The summed E-state index contributed by atoms with van der Waals surface area (Å²) in [6.45, 7) is 1.82. The Kier molecular flexibility index (Phi) is 5.67. The third-order valence-electron chi connectivity index (χ3n) is 3.16. The molecule has 0 aliphatic heterocycles. The van der Waals surface area contributed by atoms with Gasteiger partial charge in [-0.15, -0.1) is 11.3 Å². The highest BCUT2D eigenvalue weighted by molar-refractivity contribution is 7.73. The molecule has 0 saturated heterocycles. The van der Waals surface area contributed by atoms with Gasteiger partial charge in [0, 0.05) is 10.6 Å². The summed E-state index contributed by atoms with van der Waals surface area (Å²) < 4.78 is 0.679. The molecule has 21 heavy (non-hydrogen) atoms. The number of hydrogen-bond acceptors (Lipinski definition) is 4. The molecule has 0 aliphatic carbocycles. The molecule has 112 valence electrons. The lowest BCUT2D eigenvalue weighted by Gasteiger charge is -2.16. The highest BCUT2D eigenvalue weighted by atomic mass is 32.1. The number of H-pyrrole nitrogens is 1. The molecule has 1 amide bonds. The standard InChI is InChI=1S/C15H18N2O2S2/c1-10-13(21-15(20)16-10)8-14(19)17-12(9-18)7-11-5-3-2-4-6-11/h2-6,12,18H,7-9H2,1H3,(H,16,20)(H,17,19)/t12-/m0/s1. The second-order valence-electron chi connectivity index (χ2n) is 4.88. The van der Waals surface area contributed by atoms with Gasteiger partial charge in [0.25, 0.3) is 0 Å². The van der Waals surface area contributed by atoms with Gasteiger partial charge in [-0.1, -0.05) is 30.3 Å². The van der Waals surface area contributed by atoms with Crippen molar-refractivity contribution in [1.29, 1.82) is 0 Å². The number of carbonyl (C=O) groups is 1. The topological polar surface area (TPSA) is 65.1 Å². The van der Waals surface area contributed by atoms with Crippen LogP contribution in [0, 0.1) is 10.9 Å². The van der Waals surface area contributed by atoms with Crippen molar-refractivity contribution in [1.82, 2.24) is 10.3 Å². The molecule has 0 bridgehead atoms. The minimum absolute atomic E-state index is 0.0809. The second-order valence-corrected chi connectivity index (χ2v) is 6.65. The van der Waals surface area contributed by atoms with Crippen LogP contribution < -0.4 is 5.32 Å². The minimum Gasteiger partial charge on any atom is -0.394 e. The maximum absolute atomic E-state index is 12.1. The van der Waals surface area contributed by atoms with Crippen LogP contribution in [0.3, 0.4) is 0 Å². The number of carbonyl (C=O) groups excluding carboxylic acids is 1. The molecule has 0 fully saturated rings. The van der Waals surface area contributed by atoms with Crippen molar-refractivity contribution in [3.63, 3.8) is 0 Å². The fraction of sp³-hybridized carbons (Fsp3) is 0.333. The van der Waals surface area contributed by atoms with Crippen LogP contribution in [-0.4, -0.2) is 28.6 Å². The molecule has 1 aromatic carbocycles. The number of nitrogens with one attached hydrogen (secondary N) is 2. The molecule has 0 saturated carbocycles. The molecular weight excluding hydrogens is 304 g/mol. The van der Waals surface area contributed by atoms with Gasteiger partial charge in [-0.25, -0.2) is 0 Å². The van der Waals surface area contributed by atoms with Crippen molar-refractivity contribution in [2.75, 3.05) is 6.61 Å². The van der Waals surface area contributed by atoms with Crippen LogP contribution in [0.25, 0.3) is 0 Å². The van der Waals surface area contributed by atoms with Gasteiger partial charge in [0.05, 0.1) is 19.1 Å². The van der Waals surface area contributed by atoms with Gasteiger partial charge >= 0.3 is 0 Å². The fourth-order valence-corrected chi connectivity index (χ4v) is 3.38. The van der Waals surface area contributed by atoms with Crippen LogP contribution in [0.5, 0.6) is 0 Å². The number of aromatic amines is 1. The molecular formula is C15H18N2O2S2. The van der Waals surface area contributed by atoms with E-state index in [1.54, 1.807) is 0 Å². The van der Waals surface area contributed by atoms with Gasteiger partial charge in [0.2, 0.25) is 5.91 Å². The van der Waals surface area contributed by atoms with Gasteiger partial charge in [-0.2, -0.15) is 0 Å². The Hall–Kier alpha value is -1.50. The van der Waals surface area contributed by atoms with E-state index in [9.17, 15) is 9.90 Å². The minimum atomic E-state index is -0.271. The van der Waals surface area contributed by atoms with Crippen LogP contribution >= 0.6 is 23.6 Å². The first-order valence-electron chi connectivity index (χ1n) is 6.71. The summed E-state index contributed by atoms with van der Waals surface area (Å²) in [4.78, 5) is 16.0. The molecule has 0 radical (unpaired) electrons. The van der Waals surface area contributed by atoms with Crippen molar-refractivity contribution < 1.29 is 9.90 Å². The van der Waals surface area contributed by atoms with Crippen LogP contribution in [0.15, 0.2) is 30.3 Å². The van der Waals surface area contributed by atoms with E-state index in [4.69, 9.17) is 12.2 Å². The van der Waals surface area contributed by atoms with Gasteiger partial charge in [-0.05, 0) is 31.1 Å². The van der Waals surface area contributed by atoms with Crippen LogP contribution in [0.2, 0.25) is 0 Å². The summed E-state index contributed by atoms with van der Waals surface area (Å²) in [7, 11) is 0. The lowest BCUT2D eigenvalue weighted by atomic mass is 10.1. The number of benzene rings is 1. The summed E-state index contributed by atoms with van der Waals surface area (Å²) in [6, 6.07) is 9.53. The van der Waals surface area contributed by atoms with Crippen LogP contribution in [-0.2, 0) is 17.6 Å². The van der Waals surface area contributed by atoms with E-state index in [0.29, 0.717) is 10.4 Å². The molecule has 0 spiro atoms. The van der Waals surface area contributed by atoms with Crippen LogP contribution in [0.1, 0.15) is 16.1 Å². The molecule has 1 aromatic heterocycles. The Morgan fingerprint density at radius 3 is 2.71 bits per heavy atom. The van der Waals surface area contributed by atoms with E-state index in [1.165, 1.54) is 11.3 Å². The molecule has 6 heteroatoms. The van der Waals surface area contributed by atoms with E-state index in [1.807, 2.05) is 37.3 Å². The first-order chi connectivity index (χ1) is 10.1. The van der Waals surface area contributed by atoms with Crippen LogP contribution in [0.4, 0.5) is 0 Å². The molecule has 2 aromatic rings. The Morgan fingerprint density at radius 2 is 2.14 bits per heavy atom. The molecule has 0 unspecified atom stereocenters. The Bertz CT molecular complexity index is 649. The third-order valence-corrected chi connectivity index (χ3v) is 4.49. The fourth-order valence-electron chi connectivity index (χ4n) is 2.09. The highest BCUT2D eigenvalue weighted by Crippen LogP contribution is 2.15. The Balaban J connectivity index is 1.93. The molecule has 1 heterocycles. The maximum Gasteiger partial charge on any atom is 0.225 e. The summed E-state index contributed by atoms with van der Waals surface area (Å²) >= 11 is 6.48. The van der Waals surface area contributed by atoms with E-state index in [2.05, 4.69) is 10.3 Å². The van der Waals surface area contributed by atoms with Gasteiger partial charge < -0.3 is 15.4 Å². The number of aliphatic hydroxyl groups is 1. The first kappa shape index (κ1) is 15.9. The smallest absolute Gasteiger partial charge is 0.225 e. The van der Waals surface area contributed by atoms with E-state index >= 15 is 0 Å². The molecule has 3 N–H and O–H groups in total. The largest absolute Gasteiger partial charge is 0.394 e.